The van der Waals surface area contributed by atoms with Crippen molar-refractivity contribution in [2.45, 2.75) is 43.2 Å². The number of epoxide rings is 1. The van der Waals surface area contributed by atoms with Crippen LogP contribution in [0.5, 0.6) is 0 Å². The Morgan fingerprint density at radius 1 is 0.568 bits per heavy atom. The molecule has 0 amide bonds. The van der Waals surface area contributed by atoms with Crippen LogP contribution in [-0.4, -0.2) is 60.2 Å². The van der Waals surface area contributed by atoms with Gasteiger partial charge in [0.25, 0.3) is 0 Å². The van der Waals surface area contributed by atoms with Crippen molar-refractivity contribution in [3.63, 3.8) is 0 Å². The van der Waals surface area contributed by atoms with Crippen molar-refractivity contribution in [2.24, 2.45) is 0 Å². The van der Waals surface area contributed by atoms with Crippen molar-refractivity contribution < 1.29 is 14.3 Å². The van der Waals surface area contributed by atoms with E-state index in [0.717, 1.165) is 17.3 Å². The maximum Gasteiger partial charge on any atom is 0.142 e. The van der Waals surface area contributed by atoms with Gasteiger partial charge >= 0.3 is 0 Å². The Morgan fingerprint density at radius 2 is 0.865 bits per heavy atom. The highest BCUT2D eigenvalue weighted by molar-refractivity contribution is 7.19. The van der Waals surface area contributed by atoms with E-state index in [1.165, 1.54) is 21.9 Å². The predicted octanol–water partition coefficient (Wildman–Crippen LogP) is 2.80. The number of nitrogens with zero attached hydrogens (tertiary/aromatic N) is 1. The molecule has 4 heteroatoms. The molecule has 3 fully saturated rings. The number of likely N-dealkylation sites (N-methyl/N-ethyl adjacent to an activating group) is 1. The summed E-state index contributed by atoms with van der Waals surface area (Å²) in [7, 11) is 4.55. The van der Waals surface area contributed by atoms with Crippen molar-refractivity contribution in [1.82, 2.24) is 0 Å². The molecule has 7 rings (SSSR count). The Bertz CT molecular complexity index is 1130. The summed E-state index contributed by atoms with van der Waals surface area (Å²) in [6.07, 6.45) is 1.54. The van der Waals surface area contributed by atoms with Gasteiger partial charge in [0.15, 0.2) is 0 Å². The Kier molecular flexibility index (Phi) is 6.28. The van der Waals surface area contributed by atoms with Gasteiger partial charge in [0, 0.05) is 12.8 Å². The molecule has 3 saturated heterocycles. The SMILES string of the molecule is C[N+]1(C)C2CC(O)CC1C1OC12.c1ccc([B-](c2ccccc2)(c2ccccc2)c2ccccc2)cc1. The number of piperidine rings is 1. The first-order valence-corrected chi connectivity index (χ1v) is 13.6. The fourth-order valence-electron chi connectivity index (χ4n) is 7.35. The first-order valence-electron chi connectivity index (χ1n) is 13.6. The van der Waals surface area contributed by atoms with E-state index in [1.54, 1.807) is 0 Å². The van der Waals surface area contributed by atoms with E-state index in [1.807, 2.05) is 0 Å². The maximum atomic E-state index is 9.60. The maximum absolute atomic E-state index is 9.60. The number of ether oxygens (including phenoxy) is 1. The summed E-state index contributed by atoms with van der Waals surface area (Å²) in [5.41, 5.74) is 5.36. The lowest BCUT2D eigenvalue weighted by atomic mass is 9.13. The summed E-state index contributed by atoms with van der Waals surface area (Å²) < 4.78 is 6.65. The van der Waals surface area contributed by atoms with E-state index < -0.39 is 6.15 Å². The summed E-state index contributed by atoms with van der Waals surface area (Å²) in [6, 6.07) is 44.6. The molecule has 4 aromatic carbocycles. The molecule has 4 unspecified atom stereocenters. The number of hydrogen-bond acceptors (Lipinski definition) is 2. The van der Waals surface area contributed by atoms with Gasteiger partial charge in [0.2, 0.25) is 0 Å². The fraction of sp³-hybridized carbons (Fsp3) is 0.273. The first-order chi connectivity index (χ1) is 18.0. The smallest absolute Gasteiger partial charge is 0.142 e. The van der Waals surface area contributed by atoms with Crippen molar-refractivity contribution in [3.05, 3.63) is 121 Å². The number of rotatable bonds is 4. The quantitative estimate of drug-likeness (QED) is 0.272. The van der Waals surface area contributed by atoms with Gasteiger partial charge < -0.3 is 14.3 Å². The Morgan fingerprint density at radius 3 is 1.16 bits per heavy atom. The minimum Gasteiger partial charge on any atom is -0.393 e. The van der Waals surface area contributed by atoms with Gasteiger partial charge in [0.1, 0.15) is 30.4 Å². The average molecular weight is 489 g/mol. The van der Waals surface area contributed by atoms with Crippen LogP contribution in [0, 0.1) is 0 Å². The van der Waals surface area contributed by atoms with Crippen LogP contribution in [0.4, 0.5) is 0 Å². The third-order valence-corrected chi connectivity index (χ3v) is 9.25. The van der Waals surface area contributed by atoms with Gasteiger partial charge in [-0.25, -0.2) is 0 Å². The Balaban J connectivity index is 0.000000174. The lowest BCUT2D eigenvalue weighted by molar-refractivity contribution is -0.938. The van der Waals surface area contributed by atoms with E-state index in [-0.39, 0.29) is 6.10 Å². The van der Waals surface area contributed by atoms with Crippen LogP contribution in [0.3, 0.4) is 0 Å². The summed E-state index contributed by atoms with van der Waals surface area (Å²) in [5.74, 6) is 0. The molecular formula is C33H36BNO2. The highest BCUT2D eigenvalue weighted by Crippen LogP contribution is 2.51. The molecule has 0 aromatic heterocycles. The lowest BCUT2D eigenvalue weighted by Crippen LogP contribution is -2.74. The van der Waals surface area contributed by atoms with E-state index in [9.17, 15) is 5.11 Å². The fourth-order valence-corrected chi connectivity index (χ4v) is 7.35. The Hall–Kier alpha value is -3.18. The molecule has 188 valence electrons. The van der Waals surface area contributed by atoms with Crippen molar-refractivity contribution in [3.8, 4) is 0 Å². The van der Waals surface area contributed by atoms with Crippen molar-refractivity contribution in [1.29, 1.82) is 0 Å². The highest BCUT2D eigenvalue weighted by atomic mass is 16.6. The van der Waals surface area contributed by atoms with Crippen LogP contribution in [0.2, 0.25) is 0 Å². The molecule has 3 heterocycles. The molecule has 3 nitrogen and oxygen atoms in total. The van der Waals surface area contributed by atoms with Crippen LogP contribution < -0.4 is 21.9 Å². The van der Waals surface area contributed by atoms with Crippen LogP contribution in [-0.2, 0) is 4.74 Å². The van der Waals surface area contributed by atoms with E-state index in [2.05, 4.69) is 135 Å². The molecule has 0 radical (unpaired) electrons. The molecule has 37 heavy (non-hydrogen) atoms. The summed E-state index contributed by atoms with van der Waals surface area (Å²) in [6.45, 7) is 0. The number of morpholine rings is 1. The summed E-state index contributed by atoms with van der Waals surface area (Å²) in [4.78, 5) is 0. The number of quaternary nitrogens is 1. The second kappa shape index (κ2) is 9.61. The van der Waals surface area contributed by atoms with E-state index >= 15 is 0 Å². The number of benzene rings is 4. The van der Waals surface area contributed by atoms with E-state index in [4.69, 9.17) is 4.74 Å². The van der Waals surface area contributed by atoms with Gasteiger partial charge in [-0.1, -0.05) is 121 Å². The number of hydrogen-bond donors (Lipinski definition) is 1. The molecule has 4 atom stereocenters. The van der Waals surface area contributed by atoms with Gasteiger partial charge in [0.05, 0.1) is 20.2 Å². The summed E-state index contributed by atoms with van der Waals surface area (Å²) in [5, 5.41) is 9.60. The average Bonchev–Trinajstić information content (AvgIpc) is 3.71. The molecule has 2 bridgehead atoms. The van der Waals surface area contributed by atoms with Gasteiger partial charge in [-0.3, -0.25) is 0 Å². The van der Waals surface area contributed by atoms with Gasteiger partial charge in [-0.2, -0.15) is 21.9 Å². The zero-order chi connectivity index (χ0) is 25.5. The second-order valence-electron chi connectivity index (χ2n) is 11.5. The zero-order valence-corrected chi connectivity index (χ0v) is 21.7. The molecule has 0 saturated carbocycles. The highest BCUT2D eigenvalue weighted by Gasteiger charge is 2.70. The molecule has 3 aliphatic heterocycles. The van der Waals surface area contributed by atoms with Crippen molar-refractivity contribution in [2.75, 3.05) is 14.1 Å². The molecule has 3 aliphatic rings. The number of aliphatic hydroxyl groups is 1. The second-order valence-corrected chi connectivity index (χ2v) is 11.5. The topological polar surface area (TPSA) is 32.8 Å². The van der Waals surface area contributed by atoms with Crippen LogP contribution in [0.1, 0.15) is 12.8 Å². The molecule has 4 aromatic rings. The van der Waals surface area contributed by atoms with Crippen LogP contribution in [0.15, 0.2) is 121 Å². The zero-order valence-electron chi connectivity index (χ0n) is 21.7. The number of fused-ring (bicyclic) bond motifs is 5. The molecular weight excluding hydrogens is 453 g/mol. The van der Waals surface area contributed by atoms with Crippen LogP contribution >= 0.6 is 0 Å². The monoisotopic (exact) mass is 489 g/mol. The molecule has 0 aliphatic carbocycles. The Labute approximate surface area is 220 Å². The standard InChI is InChI=1S/C24H20B.C9H16NO2/c1-5-13-21(14-6-1)25(22-15-7-2-8-16-22,23-17-9-3-10-18-23)24-19-11-4-12-20-24;1-10(2)6-3-5(11)4-7(10)9-8(6)12-9/h1-20H;5-9,11H,3-4H2,1-2H3/q-1;+1. The minimum absolute atomic E-state index is 0.0671. The summed E-state index contributed by atoms with van der Waals surface area (Å²) >= 11 is 0. The van der Waals surface area contributed by atoms with Crippen LogP contribution in [0.25, 0.3) is 0 Å². The predicted molar refractivity (Wildman–Crippen MR) is 154 cm³/mol. The van der Waals surface area contributed by atoms with Crippen molar-refractivity contribution >= 4 is 28.0 Å². The van der Waals surface area contributed by atoms with E-state index in [0.29, 0.717) is 24.3 Å². The van der Waals surface area contributed by atoms with Gasteiger partial charge in [-0.05, 0) is 0 Å². The minimum atomic E-state index is -1.22. The largest absolute Gasteiger partial charge is 0.393 e. The molecule has 1 N–H and O–H groups in total. The third kappa shape index (κ3) is 4.14. The normalized spacial score (nSPS) is 26.9. The van der Waals surface area contributed by atoms with Gasteiger partial charge in [-0.15, -0.1) is 0 Å². The molecule has 0 spiro atoms. The lowest BCUT2D eigenvalue weighted by Gasteiger charge is -2.44. The first kappa shape index (κ1) is 24.2. The number of aliphatic hydroxyl groups excluding tert-OH is 1. The third-order valence-electron chi connectivity index (χ3n) is 9.25.